The zero-order chi connectivity index (χ0) is 11.7. The van der Waals surface area contributed by atoms with Crippen LogP contribution in [0.25, 0.3) is 16.8 Å². The molecule has 4 heteroatoms. The lowest BCUT2D eigenvalue weighted by Crippen LogP contribution is -1.91. The third-order valence-electron chi connectivity index (χ3n) is 2.67. The fourth-order valence-corrected chi connectivity index (χ4v) is 1.84. The maximum atomic E-state index is 11.0. The molecule has 0 amide bonds. The van der Waals surface area contributed by atoms with Crippen LogP contribution in [0.2, 0.25) is 0 Å². The number of pyridine rings is 1. The summed E-state index contributed by atoms with van der Waals surface area (Å²) in [7, 11) is 0. The third kappa shape index (κ3) is 1.59. The number of rotatable bonds is 2. The van der Waals surface area contributed by atoms with Gasteiger partial charge in [-0.3, -0.25) is 4.79 Å². The average Bonchev–Trinajstić information content (AvgIpc) is 2.85. The number of nitrogens with zero attached hydrogens (tertiary/aromatic N) is 3. The van der Waals surface area contributed by atoms with Crippen LogP contribution in [0.1, 0.15) is 10.4 Å². The van der Waals surface area contributed by atoms with Crippen LogP contribution in [0.4, 0.5) is 0 Å². The first-order valence-electron chi connectivity index (χ1n) is 5.22. The summed E-state index contributed by atoms with van der Waals surface area (Å²) in [5.74, 6) is 0. The Hall–Kier alpha value is -2.49. The third-order valence-corrected chi connectivity index (χ3v) is 2.67. The Balaban J connectivity index is 2.22. The maximum Gasteiger partial charge on any atom is 0.155 e. The number of hydrogen-bond donors (Lipinski definition) is 0. The van der Waals surface area contributed by atoms with Crippen LogP contribution >= 0.6 is 0 Å². The van der Waals surface area contributed by atoms with E-state index in [2.05, 4.69) is 10.1 Å². The van der Waals surface area contributed by atoms with Crippen LogP contribution in [-0.2, 0) is 0 Å². The van der Waals surface area contributed by atoms with E-state index < -0.39 is 0 Å². The zero-order valence-corrected chi connectivity index (χ0v) is 8.95. The molecular formula is C13H9N3O. The van der Waals surface area contributed by atoms with Gasteiger partial charge < -0.3 is 0 Å². The van der Waals surface area contributed by atoms with E-state index in [1.165, 1.54) is 6.33 Å². The normalized spacial score (nSPS) is 10.6. The number of benzene rings is 1. The molecule has 0 radical (unpaired) electrons. The van der Waals surface area contributed by atoms with Gasteiger partial charge in [0.15, 0.2) is 11.9 Å². The summed E-state index contributed by atoms with van der Waals surface area (Å²) >= 11 is 0. The number of hydrogen-bond acceptors (Lipinski definition) is 3. The first-order chi connectivity index (χ1) is 8.38. The van der Waals surface area contributed by atoms with Crippen molar-refractivity contribution in [3.8, 4) is 11.1 Å². The SMILES string of the molecule is O=Cc1ccccc1-c1ccc2ncnn2c1. The highest BCUT2D eigenvalue weighted by Gasteiger charge is 2.05. The van der Waals surface area contributed by atoms with E-state index in [1.54, 1.807) is 10.6 Å². The van der Waals surface area contributed by atoms with Gasteiger partial charge in [-0.15, -0.1) is 0 Å². The van der Waals surface area contributed by atoms with E-state index in [0.29, 0.717) is 5.56 Å². The number of aromatic nitrogens is 3. The number of aldehydes is 1. The molecule has 2 aromatic heterocycles. The summed E-state index contributed by atoms with van der Waals surface area (Å²) < 4.78 is 1.69. The Morgan fingerprint density at radius 2 is 2.00 bits per heavy atom. The predicted octanol–water partition coefficient (Wildman–Crippen LogP) is 2.21. The summed E-state index contributed by atoms with van der Waals surface area (Å²) in [6, 6.07) is 11.3. The van der Waals surface area contributed by atoms with Crippen LogP contribution in [0.3, 0.4) is 0 Å². The van der Waals surface area contributed by atoms with Gasteiger partial charge in [0, 0.05) is 17.3 Å². The zero-order valence-electron chi connectivity index (χ0n) is 8.95. The standard InChI is InChI=1S/C13H9N3O/c17-8-11-3-1-2-4-12(11)10-5-6-13-14-9-15-16(13)7-10/h1-9H. The number of carbonyl (C=O) groups excluding carboxylic acids is 1. The highest BCUT2D eigenvalue weighted by atomic mass is 16.1. The maximum absolute atomic E-state index is 11.0. The summed E-state index contributed by atoms with van der Waals surface area (Å²) in [5, 5.41) is 4.08. The molecule has 0 aliphatic carbocycles. The highest BCUT2D eigenvalue weighted by Crippen LogP contribution is 2.22. The van der Waals surface area contributed by atoms with E-state index in [-0.39, 0.29) is 0 Å². The summed E-state index contributed by atoms with van der Waals surface area (Å²) in [5.41, 5.74) is 3.31. The lowest BCUT2D eigenvalue weighted by atomic mass is 10.0. The van der Waals surface area contributed by atoms with Crippen LogP contribution in [0.5, 0.6) is 0 Å². The molecule has 82 valence electrons. The van der Waals surface area contributed by atoms with Gasteiger partial charge in [-0.25, -0.2) is 9.50 Å². The van der Waals surface area contributed by atoms with Gasteiger partial charge in [0.1, 0.15) is 6.33 Å². The van der Waals surface area contributed by atoms with Gasteiger partial charge in [-0.1, -0.05) is 24.3 Å². The molecular weight excluding hydrogens is 214 g/mol. The van der Waals surface area contributed by atoms with E-state index in [4.69, 9.17) is 0 Å². The van der Waals surface area contributed by atoms with E-state index in [1.807, 2.05) is 36.5 Å². The van der Waals surface area contributed by atoms with Crippen LogP contribution in [-0.4, -0.2) is 20.9 Å². The Bertz CT molecular complexity index is 688. The minimum Gasteiger partial charge on any atom is -0.298 e. The van der Waals surface area contributed by atoms with Crippen molar-refractivity contribution >= 4 is 11.9 Å². The van der Waals surface area contributed by atoms with Crippen LogP contribution < -0.4 is 0 Å². The van der Waals surface area contributed by atoms with Gasteiger partial charge in [0.2, 0.25) is 0 Å². The molecule has 1 aromatic carbocycles. The molecule has 3 aromatic rings. The minimum absolute atomic E-state index is 0.673. The van der Waals surface area contributed by atoms with Crippen molar-refractivity contribution in [2.45, 2.75) is 0 Å². The summed E-state index contributed by atoms with van der Waals surface area (Å²) in [6.07, 6.45) is 4.23. The second-order valence-corrected chi connectivity index (χ2v) is 3.69. The largest absolute Gasteiger partial charge is 0.298 e. The Labute approximate surface area is 97.5 Å². The molecule has 0 fully saturated rings. The fraction of sp³-hybridized carbons (Fsp3) is 0. The fourth-order valence-electron chi connectivity index (χ4n) is 1.84. The molecule has 17 heavy (non-hydrogen) atoms. The molecule has 0 N–H and O–H groups in total. The average molecular weight is 223 g/mol. The first kappa shape index (κ1) is 9.72. The second kappa shape index (κ2) is 3.83. The molecule has 0 atom stereocenters. The molecule has 0 aliphatic heterocycles. The lowest BCUT2D eigenvalue weighted by Gasteiger charge is -2.04. The van der Waals surface area contributed by atoms with Crippen molar-refractivity contribution in [1.82, 2.24) is 14.6 Å². The van der Waals surface area contributed by atoms with Gasteiger partial charge >= 0.3 is 0 Å². The summed E-state index contributed by atoms with van der Waals surface area (Å²) in [6.45, 7) is 0. The second-order valence-electron chi connectivity index (χ2n) is 3.69. The molecule has 0 unspecified atom stereocenters. The van der Waals surface area contributed by atoms with Gasteiger partial charge in [0.05, 0.1) is 0 Å². The topological polar surface area (TPSA) is 47.3 Å². The van der Waals surface area contributed by atoms with Crippen molar-refractivity contribution in [3.63, 3.8) is 0 Å². The van der Waals surface area contributed by atoms with Gasteiger partial charge in [-0.2, -0.15) is 5.10 Å². The van der Waals surface area contributed by atoms with Gasteiger partial charge in [-0.05, 0) is 17.7 Å². The van der Waals surface area contributed by atoms with Crippen LogP contribution in [0, 0.1) is 0 Å². The van der Waals surface area contributed by atoms with Crippen molar-refractivity contribution < 1.29 is 4.79 Å². The number of fused-ring (bicyclic) bond motifs is 1. The summed E-state index contributed by atoms with van der Waals surface area (Å²) in [4.78, 5) is 15.1. The van der Waals surface area contributed by atoms with E-state index >= 15 is 0 Å². The van der Waals surface area contributed by atoms with Crippen molar-refractivity contribution in [2.75, 3.05) is 0 Å². The molecule has 0 saturated carbocycles. The molecule has 4 nitrogen and oxygen atoms in total. The number of carbonyl (C=O) groups is 1. The Kier molecular flexibility index (Phi) is 2.19. The highest BCUT2D eigenvalue weighted by molar-refractivity contribution is 5.87. The molecule has 0 aliphatic rings. The monoisotopic (exact) mass is 223 g/mol. The minimum atomic E-state index is 0.673. The quantitative estimate of drug-likeness (QED) is 0.626. The predicted molar refractivity (Wildman–Crippen MR) is 63.8 cm³/mol. The Morgan fingerprint density at radius 3 is 2.88 bits per heavy atom. The molecule has 0 saturated heterocycles. The molecule has 2 heterocycles. The Morgan fingerprint density at radius 1 is 1.12 bits per heavy atom. The lowest BCUT2D eigenvalue weighted by molar-refractivity contribution is 0.112. The molecule has 0 bridgehead atoms. The van der Waals surface area contributed by atoms with Crippen LogP contribution in [0.15, 0.2) is 48.9 Å². The van der Waals surface area contributed by atoms with Gasteiger partial charge in [0.25, 0.3) is 0 Å². The van der Waals surface area contributed by atoms with Crippen molar-refractivity contribution in [1.29, 1.82) is 0 Å². The smallest absolute Gasteiger partial charge is 0.155 e. The van der Waals surface area contributed by atoms with Crippen molar-refractivity contribution in [3.05, 3.63) is 54.5 Å². The van der Waals surface area contributed by atoms with E-state index in [0.717, 1.165) is 23.1 Å². The molecule has 3 rings (SSSR count). The first-order valence-corrected chi connectivity index (χ1v) is 5.22. The van der Waals surface area contributed by atoms with E-state index in [9.17, 15) is 4.79 Å². The van der Waals surface area contributed by atoms with Crippen molar-refractivity contribution in [2.24, 2.45) is 0 Å². The molecule has 0 spiro atoms.